The van der Waals surface area contributed by atoms with Gasteiger partial charge in [0.1, 0.15) is 5.75 Å². The molecule has 1 fully saturated rings. The predicted octanol–water partition coefficient (Wildman–Crippen LogP) is 2.78. The molecule has 0 radical (unpaired) electrons. The van der Waals surface area contributed by atoms with Gasteiger partial charge in [0.05, 0.1) is 6.61 Å². The maximum atomic E-state index is 5.82. The summed E-state index contributed by atoms with van der Waals surface area (Å²) in [5.74, 6) is 4.14. The van der Waals surface area contributed by atoms with E-state index in [-0.39, 0.29) is 0 Å². The molecule has 0 atom stereocenters. The summed E-state index contributed by atoms with van der Waals surface area (Å²) < 4.78 is 11.1. The molecule has 1 heterocycles. The summed E-state index contributed by atoms with van der Waals surface area (Å²) in [6, 6.07) is 5.94. The number of rotatable bonds is 3. The van der Waals surface area contributed by atoms with Gasteiger partial charge in [0, 0.05) is 18.8 Å². The largest absolute Gasteiger partial charge is 0.493 e. The molecule has 0 aromatic heterocycles. The maximum Gasteiger partial charge on any atom is 0.120 e. The van der Waals surface area contributed by atoms with Crippen LogP contribution in [0.1, 0.15) is 24.0 Å². The molecule has 0 aliphatic carbocycles. The van der Waals surface area contributed by atoms with Crippen LogP contribution in [0.15, 0.2) is 18.2 Å². The van der Waals surface area contributed by atoms with Crippen molar-refractivity contribution in [2.45, 2.75) is 19.8 Å². The zero-order valence-electron chi connectivity index (χ0n) is 10.2. The molecule has 0 bridgehead atoms. The second kappa shape index (κ2) is 5.75. The van der Waals surface area contributed by atoms with E-state index in [0.717, 1.165) is 49.5 Å². The van der Waals surface area contributed by atoms with Gasteiger partial charge in [-0.05, 0) is 49.4 Å². The van der Waals surface area contributed by atoms with E-state index in [4.69, 9.17) is 15.9 Å². The van der Waals surface area contributed by atoms with Gasteiger partial charge in [-0.15, -0.1) is 6.42 Å². The van der Waals surface area contributed by atoms with E-state index in [9.17, 15) is 0 Å². The first kappa shape index (κ1) is 12.0. The van der Waals surface area contributed by atoms with Gasteiger partial charge in [0.2, 0.25) is 0 Å². The Balaban J connectivity index is 1.94. The highest BCUT2D eigenvalue weighted by molar-refractivity contribution is 5.41. The van der Waals surface area contributed by atoms with Crippen LogP contribution in [0, 0.1) is 25.2 Å². The SMILES string of the molecule is C#Cc1cc(C)cc(OCC2CCOCC2)c1. The molecule has 1 saturated heterocycles. The van der Waals surface area contributed by atoms with Gasteiger partial charge in [0.15, 0.2) is 0 Å². The minimum Gasteiger partial charge on any atom is -0.493 e. The average Bonchev–Trinajstić information content (AvgIpc) is 2.37. The van der Waals surface area contributed by atoms with Crippen LogP contribution in [0.25, 0.3) is 0 Å². The predicted molar refractivity (Wildman–Crippen MR) is 68.2 cm³/mol. The van der Waals surface area contributed by atoms with E-state index < -0.39 is 0 Å². The van der Waals surface area contributed by atoms with Crippen LogP contribution in [-0.2, 0) is 4.74 Å². The quantitative estimate of drug-likeness (QED) is 0.743. The fraction of sp³-hybridized carbons (Fsp3) is 0.467. The third kappa shape index (κ3) is 3.51. The Hall–Kier alpha value is -1.46. The zero-order valence-corrected chi connectivity index (χ0v) is 10.2. The molecule has 0 N–H and O–H groups in total. The van der Waals surface area contributed by atoms with E-state index >= 15 is 0 Å². The lowest BCUT2D eigenvalue weighted by Gasteiger charge is -2.22. The smallest absolute Gasteiger partial charge is 0.120 e. The topological polar surface area (TPSA) is 18.5 Å². The van der Waals surface area contributed by atoms with Gasteiger partial charge < -0.3 is 9.47 Å². The van der Waals surface area contributed by atoms with E-state index in [0.29, 0.717) is 5.92 Å². The number of hydrogen-bond donors (Lipinski definition) is 0. The molecule has 0 spiro atoms. The first-order valence-electron chi connectivity index (χ1n) is 6.07. The highest BCUT2D eigenvalue weighted by Crippen LogP contribution is 2.20. The summed E-state index contributed by atoms with van der Waals surface area (Å²) in [5.41, 5.74) is 2.02. The summed E-state index contributed by atoms with van der Waals surface area (Å²) in [4.78, 5) is 0. The van der Waals surface area contributed by atoms with E-state index in [1.165, 1.54) is 0 Å². The van der Waals surface area contributed by atoms with Crippen molar-refractivity contribution >= 4 is 0 Å². The van der Waals surface area contributed by atoms with Crippen molar-refractivity contribution in [2.75, 3.05) is 19.8 Å². The van der Waals surface area contributed by atoms with Crippen LogP contribution < -0.4 is 4.74 Å². The Labute approximate surface area is 103 Å². The molecule has 0 amide bonds. The number of hydrogen-bond acceptors (Lipinski definition) is 2. The van der Waals surface area contributed by atoms with Gasteiger partial charge in [0.25, 0.3) is 0 Å². The third-order valence-corrected chi connectivity index (χ3v) is 3.04. The zero-order chi connectivity index (χ0) is 12.1. The average molecular weight is 230 g/mol. The molecule has 90 valence electrons. The third-order valence-electron chi connectivity index (χ3n) is 3.04. The molecular weight excluding hydrogens is 212 g/mol. The van der Waals surface area contributed by atoms with Crippen LogP contribution >= 0.6 is 0 Å². The standard InChI is InChI=1S/C15H18O2/c1-3-13-8-12(2)9-15(10-13)17-11-14-4-6-16-7-5-14/h1,8-10,14H,4-7,11H2,2H3. The van der Waals surface area contributed by atoms with Gasteiger partial charge in [-0.3, -0.25) is 0 Å². The lowest BCUT2D eigenvalue weighted by Crippen LogP contribution is -2.21. The van der Waals surface area contributed by atoms with Crippen molar-refractivity contribution in [3.8, 4) is 18.1 Å². The summed E-state index contributed by atoms with van der Waals surface area (Å²) in [6.07, 6.45) is 7.59. The number of terminal acetylenes is 1. The second-order valence-electron chi connectivity index (χ2n) is 4.55. The lowest BCUT2D eigenvalue weighted by molar-refractivity contribution is 0.0497. The Kier molecular flexibility index (Phi) is 4.06. The van der Waals surface area contributed by atoms with Gasteiger partial charge >= 0.3 is 0 Å². The first-order chi connectivity index (χ1) is 8.28. The molecule has 0 saturated carbocycles. The minimum absolute atomic E-state index is 0.610. The van der Waals surface area contributed by atoms with Gasteiger partial charge in [-0.1, -0.05) is 5.92 Å². The monoisotopic (exact) mass is 230 g/mol. The van der Waals surface area contributed by atoms with Crippen molar-refractivity contribution in [1.29, 1.82) is 0 Å². The molecule has 2 rings (SSSR count). The number of ether oxygens (including phenoxy) is 2. The van der Waals surface area contributed by atoms with Crippen LogP contribution in [0.4, 0.5) is 0 Å². The van der Waals surface area contributed by atoms with Gasteiger partial charge in [-0.25, -0.2) is 0 Å². The molecule has 17 heavy (non-hydrogen) atoms. The normalized spacial score (nSPS) is 16.5. The molecule has 1 aliphatic rings. The van der Waals surface area contributed by atoms with E-state index in [2.05, 4.69) is 5.92 Å². The number of benzene rings is 1. The van der Waals surface area contributed by atoms with Gasteiger partial charge in [-0.2, -0.15) is 0 Å². The van der Waals surface area contributed by atoms with Crippen molar-refractivity contribution < 1.29 is 9.47 Å². The molecular formula is C15H18O2. The van der Waals surface area contributed by atoms with Crippen LogP contribution in [-0.4, -0.2) is 19.8 Å². The second-order valence-corrected chi connectivity index (χ2v) is 4.55. The van der Waals surface area contributed by atoms with E-state index in [1.54, 1.807) is 0 Å². The molecule has 2 nitrogen and oxygen atoms in total. The Morgan fingerprint density at radius 2 is 2.12 bits per heavy atom. The molecule has 0 unspecified atom stereocenters. The van der Waals surface area contributed by atoms with Crippen molar-refractivity contribution in [3.05, 3.63) is 29.3 Å². The van der Waals surface area contributed by atoms with Crippen molar-refractivity contribution in [2.24, 2.45) is 5.92 Å². The van der Waals surface area contributed by atoms with Crippen molar-refractivity contribution in [3.63, 3.8) is 0 Å². The maximum absolute atomic E-state index is 5.82. The van der Waals surface area contributed by atoms with Crippen LogP contribution in [0.2, 0.25) is 0 Å². The van der Waals surface area contributed by atoms with Crippen molar-refractivity contribution in [1.82, 2.24) is 0 Å². The summed E-state index contributed by atoms with van der Waals surface area (Å²) >= 11 is 0. The van der Waals surface area contributed by atoms with Crippen LogP contribution in [0.3, 0.4) is 0 Å². The highest BCUT2D eigenvalue weighted by atomic mass is 16.5. The Morgan fingerprint density at radius 3 is 2.82 bits per heavy atom. The fourth-order valence-electron chi connectivity index (χ4n) is 2.04. The molecule has 2 heteroatoms. The lowest BCUT2D eigenvalue weighted by atomic mass is 10.0. The summed E-state index contributed by atoms with van der Waals surface area (Å²) in [7, 11) is 0. The summed E-state index contributed by atoms with van der Waals surface area (Å²) in [6.45, 7) is 4.51. The summed E-state index contributed by atoms with van der Waals surface area (Å²) in [5, 5.41) is 0. The highest BCUT2D eigenvalue weighted by Gasteiger charge is 2.14. The molecule has 1 aromatic carbocycles. The fourth-order valence-corrected chi connectivity index (χ4v) is 2.04. The molecule has 1 aliphatic heterocycles. The van der Waals surface area contributed by atoms with E-state index in [1.807, 2.05) is 25.1 Å². The minimum atomic E-state index is 0.610. The molecule has 1 aromatic rings. The Bertz CT molecular complexity index is 411. The van der Waals surface area contributed by atoms with Crippen LogP contribution in [0.5, 0.6) is 5.75 Å². The number of aryl methyl sites for hydroxylation is 1. The Morgan fingerprint density at radius 1 is 1.35 bits per heavy atom. The first-order valence-corrected chi connectivity index (χ1v) is 6.07.